The molecule has 0 aliphatic rings. The van der Waals surface area contributed by atoms with Crippen molar-refractivity contribution in [3.05, 3.63) is 76.1 Å². The highest BCUT2D eigenvalue weighted by Gasteiger charge is 2.11. The van der Waals surface area contributed by atoms with Crippen LogP contribution in [0.4, 0.5) is 0 Å². The summed E-state index contributed by atoms with van der Waals surface area (Å²) in [5.41, 5.74) is 1.55. The fraction of sp³-hybridized carbons (Fsp3) is 0.0556. The summed E-state index contributed by atoms with van der Waals surface area (Å²) in [5.74, 6) is 0.405. The molecule has 0 saturated carbocycles. The first-order valence-corrected chi connectivity index (χ1v) is 8.16. The second-order valence-corrected chi connectivity index (χ2v) is 5.94. The van der Waals surface area contributed by atoms with Crippen molar-refractivity contribution in [1.29, 1.82) is 0 Å². The van der Waals surface area contributed by atoms with Gasteiger partial charge in [0.25, 0.3) is 0 Å². The van der Waals surface area contributed by atoms with Crippen LogP contribution in [0.5, 0.6) is 0 Å². The number of nitrogens with zero attached hydrogens (tertiary/aromatic N) is 2. The maximum Gasteiger partial charge on any atom is 0.246 e. The van der Waals surface area contributed by atoms with Gasteiger partial charge in [0.15, 0.2) is 0 Å². The van der Waals surface area contributed by atoms with E-state index in [-0.39, 0.29) is 12.5 Å². The van der Waals surface area contributed by atoms with Crippen LogP contribution in [0.25, 0.3) is 17.5 Å². The van der Waals surface area contributed by atoms with Crippen molar-refractivity contribution in [3.63, 3.8) is 0 Å². The summed E-state index contributed by atoms with van der Waals surface area (Å²) >= 11 is 11.9. The van der Waals surface area contributed by atoms with Crippen LogP contribution in [-0.4, -0.2) is 16.0 Å². The Morgan fingerprint density at radius 3 is 2.64 bits per heavy atom. The summed E-state index contributed by atoms with van der Waals surface area (Å²) in [5, 5.41) is 7.73. The van der Waals surface area contributed by atoms with Crippen molar-refractivity contribution in [2.24, 2.45) is 0 Å². The van der Waals surface area contributed by atoms with Gasteiger partial charge in [-0.3, -0.25) is 4.79 Å². The smallest absolute Gasteiger partial charge is 0.246 e. The minimum atomic E-state index is -0.271. The molecule has 0 unspecified atom stereocenters. The highest BCUT2D eigenvalue weighted by Crippen LogP contribution is 2.24. The van der Waals surface area contributed by atoms with E-state index in [0.717, 1.165) is 5.56 Å². The van der Waals surface area contributed by atoms with Crippen molar-refractivity contribution in [2.45, 2.75) is 6.54 Å². The molecule has 1 heterocycles. The van der Waals surface area contributed by atoms with Gasteiger partial charge in [0.1, 0.15) is 0 Å². The molecule has 0 fully saturated rings. The maximum absolute atomic E-state index is 11.9. The average molecular weight is 374 g/mol. The lowest BCUT2D eigenvalue weighted by molar-refractivity contribution is -0.116. The van der Waals surface area contributed by atoms with Crippen LogP contribution in [0.15, 0.2) is 59.1 Å². The number of hydrogen-bond acceptors (Lipinski definition) is 4. The number of benzene rings is 2. The minimum absolute atomic E-state index is 0.126. The van der Waals surface area contributed by atoms with Gasteiger partial charge in [-0.1, -0.05) is 52.6 Å². The van der Waals surface area contributed by atoms with E-state index in [1.54, 1.807) is 30.3 Å². The molecule has 3 aromatic rings. The van der Waals surface area contributed by atoms with Crippen LogP contribution < -0.4 is 5.32 Å². The summed E-state index contributed by atoms with van der Waals surface area (Å²) in [6.07, 6.45) is 3.11. The monoisotopic (exact) mass is 373 g/mol. The topological polar surface area (TPSA) is 68.0 Å². The Labute approximate surface area is 154 Å². The van der Waals surface area contributed by atoms with Crippen LogP contribution in [0.3, 0.4) is 0 Å². The Hall–Kier alpha value is -2.63. The summed E-state index contributed by atoms with van der Waals surface area (Å²) in [4.78, 5) is 16.1. The van der Waals surface area contributed by atoms with Crippen LogP contribution in [0.1, 0.15) is 11.5 Å². The third kappa shape index (κ3) is 4.68. The van der Waals surface area contributed by atoms with Crippen molar-refractivity contribution >= 4 is 35.2 Å². The van der Waals surface area contributed by atoms with Crippen molar-refractivity contribution in [1.82, 2.24) is 15.5 Å². The summed E-state index contributed by atoms with van der Waals surface area (Å²) in [7, 11) is 0. The SMILES string of the molecule is O=C(/C=C/c1ccc(Cl)cc1)NCc1nc(-c2ccccc2Cl)no1. The number of nitrogens with one attached hydrogen (secondary N) is 1. The molecule has 0 aliphatic heterocycles. The fourth-order valence-electron chi connectivity index (χ4n) is 2.05. The Kier molecular flexibility index (Phi) is 5.48. The summed E-state index contributed by atoms with van der Waals surface area (Å²) in [6, 6.07) is 14.4. The predicted octanol–water partition coefficient (Wildman–Crippen LogP) is 4.37. The summed E-state index contributed by atoms with van der Waals surface area (Å²) in [6.45, 7) is 0.126. The molecule has 25 heavy (non-hydrogen) atoms. The van der Waals surface area contributed by atoms with E-state index in [0.29, 0.717) is 27.3 Å². The third-order valence-corrected chi connectivity index (χ3v) is 3.88. The predicted molar refractivity (Wildman–Crippen MR) is 97.1 cm³/mol. The van der Waals surface area contributed by atoms with E-state index in [2.05, 4.69) is 15.5 Å². The van der Waals surface area contributed by atoms with Crippen molar-refractivity contribution in [3.8, 4) is 11.4 Å². The van der Waals surface area contributed by atoms with Gasteiger partial charge in [-0.05, 0) is 35.9 Å². The number of amides is 1. The van der Waals surface area contributed by atoms with Gasteiger partial charge < -0.3 is 9.84 Å². The molecule has 1 N–H and O–H groups in total. The molecular weight excluding hydrogens is 361 g/mol. The lowest BCUT2D eigenvalue weighted by atomic mass is 10.2. The highest BCUT2D eigenvalue weighted by molar-refractivity contribution is 6.33. The number of hydrogen-bond donors (Lipinski definition) is 1. The van der Waals surface area contributed by atoms with E-state index in [9.17, 15) is 4.79 Å². The molecule has 126 valence electrons. The molecule has 2 aromatic carbocycles. The molecular formula is C18H13Cl2N3O2. The van der Waals surface area contributed by atoms with Gasteiger partial charge in [-0.15, -0.1) is 0 Å². The Balaban J connectivity index is 1.58. The number of rotatable bonds is 5. The average Bonchev–Trinajstić information content (AvgIpc) is 3.08. The fourth-order valence-corrected chi connectivity index (χ4v) is 2.39. The van der Waals surface area contributed by atoms with E-state index < -0.39 is 0 Å². The van der Waals surface area contributed by atoms with E-state index in [1.807, 2.05) is 24.3 Å². The zero-order chi connectivity index (χ0) is 17.6. The molecule has 0 radical (unpaired) electrons. The highest BCUT2D eigenvalue weighted by atomic mass is 35.5. The van der Waals surface area contributed by atoms with Gasteiger partial charge >= 0.3 is 0 Å². The van der Waals surface area contributed by atoms with E-state index in [1.165, 1.54) is 6.08 Å². The quantitative estimate of drug-likeness (QED) is 0.674. The van der Waals surface area contributed by atoms with Crippen molar-refractivity contribution < 1.29 is 9.32 Å². The molecule has 3 rings (SSSR count). The molecule has 1 aromatic heterocycles. The van der Waals surface area contributed by atoms with Crippen LogP contribution >= 0.6 is 23.2 Å². The Bertz CT molecular complexity index is 905. The van der Waals surface area contributed by atoms with Gasteiger partial charge in [0.05, 0.1) is 11.6 Å². The second kappa shape index (κ2) is 7.96. The minimum Gasteiger partial charge on any atom is -0.343 e. The second-order valence-electron chi connectivity index (χ2n) is 5.09. The molecule has 7 heteroatoms. The Morgan fingerprint density at radius 2 is 1.88 bits per heavy atom. The van der Waals surface area contributed by atoms with E-state index >= 15 is 0 Å². The Morgan fingerprint density at radius 1 is 1.12 bits per heavy atom. The zero-order valence-corrected chi connectivity index (χ0v) is 14.5. The molecule has 5 nitrogen and oxygen atoms in total. The normalized spacial score (nSPS) is 11.0. The number of aromatic nitrogens is 2. The first-order valence-electron chi connectivity index (χ1n) is 7.41. The van der Waals surface area contributed by atoms with Gasteiger partial charge in [-0.2, -0.15) is 4.98 Å². The molecule has 0 atom stereocenters. The van der Waals surface area contributed by atoms with Crippen LogP contribution in [0, 0.1) is 0 Å². The van der Waals surface area contributed by atoms with Crippen LogP contribution in [0.2, 0.25) is 10.0 Å². The van der Waals surface area contributed by atoms with Gasteiger partial charge in [0, 0.05) is 16.7 Å². The number of carbonyl (C=O) groups excluding carboxylic acids is 1. The third-order valence-electron chi connectivity index (χ3n) is 3.29. The summed E-state index contributed by atoms with van der Waals surface area (Å²) < 4.78 is 5.13. The molecule has 1 amide bonds. The molecule has 0 saturated heterocycles. The molecule has 0 spiro atoms. The van der Waals surface area contributed by atoms with Crippen molar-refractivity contribution in [2.75, 3.05) is 0 Å². The molecule has 0 aliphatic carbocycles. The van der Waals surface area contributed by atoms with E-state index in [4.69, 9.17) is 27.7 Å². The van der Waals surface area contributed by atoms with Gasteiger partial charge in [-0.25, -0.2) is 0 Å². The van der Waals surface area contributed by atoms with Gasteiger partial charge in [0.2, 0.25) is 17.6 Å². The zero-order valence-electron chi connectivity index (χ0n) is 12.9. The van der Waals surface area contributed by atoms with Crippen LogP contribution in [-0.2, 0) is 11.3 Å². The largest absolute Gasteiger partial charge is 0.343 e. The maximum atomic E-state index is 11.9. The first kappa shape index (κ1) is 17.2. The first-order chi connectivity index (χ1) is 12.1. The molecule has 0 bridgehead atoms. The standard InChI is InChI=1S/C18H13Cl2N3O2/c19-13-8-5-12(6-9-13)7-10-16(24)21-11-17-22-18(23-25-17)14-3-1-2-4-15(14)20/h1-10H,11H2,(H,21,24)/b10-7+. The lowest BCUT2D eigenvalue weighted by Crippen LogP contribution is -2.20. The number of halogens is 2. The number of carbonyl (C=O) groups is 1. The lowest BCUT2D eigenvalue weighted by Gasteiger charge is -1.98.